The van der Waals surface area contributed by atoms with Crippen molar-refractivity contribution >= 4 is 133 Å². The second-order valence-electron chi connectivity index (χ2n) is 3.93. The monoisotopic (exact) mass is 713 g/mol. The van der Waals surface area contributed by atoms with E-state index in [0.29, 0.717) is 0 Å². The van der Waals surface area contributed by atoms with E-state index in [1.807, 2.05) is 6.07 Å². The van der Waals surface area contributed by atoms with E-state index in [0.717, 1.165) is 53.2 Å². The zero-order chi connectivity index (χ0) is 14.8. The van der Waals surface area contributed by atoms with E-state index in [1.54, 1.807) is 0 Å². The first-order valence-electron chi connectivity index (χ1n) is 5.06. The van der Waals surface area contributed by atoms with Crippen LogP contribution in [0.4, 0.5) is 0 Å². The first kappa shape index (κ1) is 16.5. The van der Waals surface area contributed by atoms with Gasteiger partial charge in [-0.1, -0.05) is 0 Å². The van der Waals surface area contributed by atoms with Gasteiger partial charge in [-0.3, -0.25) is 0 Å². The average molecular weight is 720 g/mol. The van der Waals surface area contributed by atoms with E-state index < -0.39 is 0 Å². The van der Waals surface area contributed by atoms with Crippen LogP contribution in [0.15, 0.2) is 41.8 Å². The van der Waals surface area contributed by atoms with Crippen molar-refractivity contribution in [3.63, 3.8) is 0 Å². The number of hydrogen-bond acceptors (Lipinski definition) is 1. The van der Waals surface area contributed by atoms with Crippen LogP contribution < -0.4 is 0 Å². The highest BCUT2D eigenvalue weighted by molar-refractivity contribution is 9.15. The van der Waals surface area contributed by atoms with Crippen molar-refractivity contribution in [2.75, 3.05) is 0 Å². The molecule has 0 saturated heterocycles. The number of halogens is 7. The van der Waals surface area contributed by atoms with Gasteiger partial charge in [0.05, 0.1) is 13.4 Å². The van der Waals surface area contributed by atoms with Crippen molar-refractivity contribution in [1.82, 2.24) is 0 Å². The Morgan fingerprint density at radius 3 is 1.80 bits per heavy atom. The Morgan fingerprint density at radius 2 is 1.15 bits per heavy atom. The summed E-state index contributed by atoms with van der Waals surface area (Å²) >= 11 is 25.0. The van der Waals surface area contributed by atoms with Gasteiger partial charge < -0.3 is 4.42 Å². The summed E-state index contributed by atoms with van der Waals surface area (Å²) in [5.74, 6) is 0. The van der Waals surface area contributed by atoms with Crippen molar-refractivity contribution in [2.24, 2.45) is 0 Å². The maximum absolute atomic E-state index is 6.04. The van der Waals surface area contributed by atoms with Crippen LogP contribution in [0.25, 0.3) is 21.9 Å². The molecule has 0 atom stereocenters. The van der Waals surface area contributed by atoms with Gasteiger partial charge in [0.1, 0.15) is 0 Å². The molecule has 0 aliphatic carbocycles. The Bertz CT molecular complexity index is 881. The van der Waals surface area contributed by atoms with Crippen molar-refractivity contribution in [2.45, 2.75) is 0 Å². The van der Waals surface area contributed by atoms with Gasteiger partial charge in [0.15, 0.2) is 11.2 Å². The van der Waals surface area contributed by atoms with E-state index in [2.05, 4.69) is 112 Å². The first-order valence-corrected chi connectivity index (χ1v) is 10.6. The summed E-state index contributed by atoms with van der Waals surface area (Å²) in [4.78, 5) is 0. The summed E-state index contributed by atoms with van der Waals surface area (Å²) in [5.41, 5.74) is 1.58. The third-order valence-electron chi connectivity index (χ3n) is 2.81. The molecule has 0 bridgehead atoms. The van der Waals surface area contributed by atoms with Crippen LogP contribution in [0.1, 0.15) is 0 Å². The summed E-state index contributed by atoms with van der Waals surface area (Å²) in [6.07, 6.45) is 0. The van der Waals surface area contributed by atoms with Crippen molar-refractivity contribution < 1.29 is 4.42 Å². The van der Waals surface area contributed by atoms with Crippen LogP contribution in [-0.2, 0) is 0 Å². The van der Waals surface area contributed by atoms with Crippen LogP contribution in [0, 0.1) is 0 Å². The van der Waals surface area contributed by atoms with Gasteiger partial charge in [0.25, 0.3) is 0 Å². The fraction of sp³-hybridized carbons (Fsp3) is 0. The van der Waals surface area contributed by atoms with E-state index in [-0.39, 0.29) is 0 Å². The molecule has 2 aromatic carbocycles. The smallest absolute Gasteiger partial charge is 0.152 e. The van der Waals surface area contributed by atoms with Crippen LogP contribution in [-0.4, -0.2) is 0 Å². The summed E-state index contributed by atoms with van der Waals surface area (Å²) in [6, 6.07) is 2.04. The highest BCUT2D eigenvalue weighted by Crippen LogP contribution is 2.49. The molecule has 0 aliphatic heterocycles. The molecule has 1 heterocycles. The normalized spacial score (nSPS) is 11.8. The highest BCUT2D eigenvalue weighted by Gasteiger charge is 2.22. The number of rotatable bonds is 0. The second-order valence-corrected chi connectivity index (χ2v) is 9.54. The van der Waals surface area contributed by atoms with Crippen LogP contribution >= 0.6 is 112 Å². The molecule has 0 N–H and O–H groups in total. The topological polar surface area (TPSA) is 13.1 Å². The van der Waals surface area contributed by atoms with Crippen LogP contribution in [0.2, 0.25) is 0 Å². The fourth-order valence-corrected chi connectivity index (χ4v) is 5.79. The fourth-order valence-electron chi connectivity index (χ4n) is 1.91. The summed E-state index contributed by atoms with van der Waals surface area (Å²) in [5, 5.41) is 2.03. The third-order valence-corrected chi connectivity index (χ3v) is 10.8. The summed E-state index contributed by atoms with van der Waals surface area (Å²) < 4.78 is 12.5. The van der Waals surface area contributed by atoms with Gasteiger partial charge in [-0.2, -0.15) is 0 Å². The number of benzene rings is 2. The molecule has 1 nitrogen and oxygen atoms in total. The molecule has 0 spiro atoms. The Balaban J connectivity index is 2.67. The largest absolute Gasteiger partial charge is 0.454 e. The first-order chi connectivity index (χ1) is 9.34. The van der Waals surface area contributed by atoms with Gasteiger partial charge in [0.2, 0.25) is 0 Å². The highest BCUT2D eigenvalue weighted by atomic mass is 79.9. The van der Waals surface area contributed by atoms with Gasteiger partial charge >= 0.3 is 0 Å². The van der Waals surface area contributed by atoms with Crippen LogP contribution in [0.5, 0.6) is 0 Å². The Morgan fingerprint density at radius 1 is 0.600 bits per heavy atom. The lowest BCUT2D eigenvalue weighted by Crippen LogP contribution is -1.79. The van der Waals surface area contributed by atoms with E-state index >= 15 is 0 Å². The predicted molar refractivity (Wildman–Crippen MR) is 108 cm³/mol. The molecule has 0 unspecified atom stereocenters. The maximum atomic E-state index is 6.04. The molecule has 0 saturated carbocycles. The molecule has 20 heavy (non-hydrogen) atoms. The third kappa shape index (κ3) is 2.36. The van der Waals surface area contributed by atoms with E-state index in [4.69, 9.17) is 4.42 Å². The summed E-state index contributed by atoms with van der Waals surface area (Å²) in [6.45, 7) is 0. The molecule has 3 rings (SSSR count). The van der Waals surface area contributed by atoms with Gasteiger partial charge in [0, 0.05) is 28.7 Å². The number of hydrogen-bond donors (Lipinski definition) is 0. The second kappa shape index (κ2) is 5.91. The van der Waals surface area contributed by atoms with Crippen molar-refractivity contribution in [1.29, 1.82) is 0 Å². The summed E-state index contributed by atoms with van der Waals surface area (Å²) in [7, 11) is 0. The SMILES string of the molecule is Brc1cc2c(oc3c(Br)c(Br)c(Br)c(Br)c32)c(Br)c1Br. The van der Waals surface area contributed by atoms with Crippen molar-refractivity contribution in [3.8, 4) is 0 Å². The van der Waals surface area contributed by atoms with Gasteiger partial charge in [-0.15, -0.1) is 0 Å². The molecule has 0 radical (unpaired) electrons. The van der Waals surface area contributed by atoms with Gasteiger partial charge in [-0.05, 0) is 118 Å². The maximum Gasteiger partial charge on any atom is 0.152 e. The molecule has 104 valence electrons. The van der Waals surface area contributed by atoms with E-state index in [9.17, 15) is 0 Å². The number of fused-ring (bicyclic) bond motifs is 3. The van der Waals surface area contributed by atoms with Crippen molar-refractivity contribution in [3.05, 3.63) is 37.4 Å². The number of furan rings is 1. The molecule has 0 aliphatic rings. The lowest BCUT2D eigenvalue weighted by atomic mass is 10.1. The minimum absolute atomic E-state index is 0.785. The molecule has 0 amide bonds. The molecule has 8 heteroatoms. The van der Waals surface area contributed by atoms with Gasteiger partial charge in [-0.25, -0.2) is 0 Å². The minimum atomic E-state index is 0.785. The lowest BCUT2D eigenvalue weighted by Gasteiger charge is -2.04. The quantitative estimate of drug-likeness (QED) is 0.167. The van der Waals surface area contributed by atoms with Crippen LogP contribution in [0.3, 0.4) is 0 Å². The molecule has 0 fully saturated rings. The Hall–Kier alpha value is 1.60. The lowest BCUT2D eigenvalue weighted by molar-refractivity contribution is 0.663. The van der Waals surface area contributed by atoms with E-state index in [1.165, 1.54) is 0 Å². The molecular weight excluding hydrogens is 719 g/mol. The zero-order valence-electron chi connectivity index (χ0n) is 9.13. The predicted octanol–water partition coefficient (Wildman–Crippen LogP) is 8.92. The standard InChI is InChI=1S/C12HBr7O/c13-3-1-2-4-6(15)7(16)8(17)10(19)12(4)20-11(2)9(18)5(3)14/h1H. The zero-order valence-corrected chi connectivity index (χ0v) is 20.2. The average Bonchev–Trinajstić information content (AvgIpc) is 2.80. The Labute approximate surface area is 173 Å². The molecule has 3 aromatic rings. The molecule has 1 aromatic heterocycles. The molecular formula is C12HBr7O. The Kier molecular flexibility index (Phi) is 4.86. The minimum Gasteiger partial charge on any atom is -0.454 e.